The first-order valence-electron chi connectivity index (χ1n) is 8.28. The smallest absolute Gasteiger partial charge is 0.244 e. The van der Waals surface area contributed by atoms with E-state index in [0.29, 0.717) is 5.75 Å². The molecule has 1 N–H and O–H groups in total. The third kappa shape index (κ3) is 3.47. The fraction of sp³-hybridized carbons (Fsp3) is 0.368. The van der Waals surface area contributed by atoms with Gasteiger partial charge in [0, 0.05) is 6.04 Å². The van der Waals surface area contributed by atoms with Crippen LogP contribution in [0.15, 0.2) is 47.4 Å². The lowest BCUT2D eigenvalue weighted by molar-refractivity contribution is 0.400. The van der Waals surface area contributed by atoms with Gasteiger partial charge in [0.15, 0.2) is 0 Å². The van der Waals surface area contributed by atoms with Gasteiger partial charge in [-0.1, -0.05) is 30.3 Å². The lowest BCUT2D eigenvalue weighted by Gasteiger charge is -2.21. The first-order chi connectivity index (χ1) is 11.5. The maximum atomic E-state index is 12.9. The summed E-state index contributed by atoms with van der Waals surface area (Å²) in [6, 6.07) is 12.9. The van der Waals surface area contributed by atoms with Crippen LogP contribution in [0.2, 0.25) is 0 Å². The normalized spacial score (nSPS) is 15.6. The molecule has 2 aromatic rings. The molecule has 1 aliphatic carbocycles. The fourth-order valence-corrected chi connectivity index (χ4v) is 4.65. The Kier molecular flexibility index (Phi) is 4.92. The molecule has 4 nitrogen and oxygen atoms in total. The second-order valence-electron chi connectivity index (χ2n) is 6.23. The number of fused-ring (bicyclic) bond motifs is 1. The van der Waals surface area contributed by atoms with Crippen molar-refractivity contribution in [3.05, 3.63) is 59.2 Å². The largest absolute Gasteiger partial charge is 0.495 e. The minimum Gasteiger partial charge on any atom is -0.495 e. The Morgan fingerprint density at radius 1 is 1.04 bits per heavy atom. The number of hydrogen-bond acceptors (Lipinski definition) is 3. The van der Waals surface area contributed by atoms with Gasteiger partial charge >= 0.3 is 0 Å². The summed E-state index contributed by atoms with van der Waals surface area (Å²) in [4.78, 5) is 0.230. The fourth-order valence-electron chi connectivity index (χ4n) is 3.22. The quantitative estimate of drug-likeness (QED) is 0.900. The molecule has 3 rings (SSSR count). The van der Waals surface area contributed by atoms with Crippen LogP contribution in [-0.4, -0.2) is 15.5 Å². The van der Waals surface area contributed by atoms with Crippen LogP contribution in [0.4, 0.5) is 0 Å². The average molecular weight is 345 g/mol. The Hall–Kier alpha value is -1.85. The minimum atomic E-state index is -3.66. The van der Waals surface area contributed by atoms with Crippen molar-refractivity contribution in [2.45, 2.75) is 43.5 Å². The molecule has 0 saturated carbocycles. The summed E-state index contributed by atoms with van der Waals surface area (Å²) in [7, 11) is -2.14. The summed E-state index contributed by atoms with van der Waals surface area (Å²) >= 11 is 0. The molecule has 0 bridgehead atoms. The number of aryl methyl sites for hydroxylation is 2. The van der Waals surface area contributed by atoms with Crippen molar-refractivity contribution in [1.82, 2.24) is 4.72 Å². The first-order valence-corrected chi connectivity index (χ1v) is 9.76. The van der Waals surface area contributed by atoms with E-state index in [9.17, 15) is 8.42 Å². The van der Waals surface area contributed by atoms with E-state index in [-0.39, 0.29) is 10.9 Å². The zero-order chi connectivity index (χ0) is 17.2. The predicted molar refractivity (Wildman–Crippen MR) is 94.8 cm³/mol. The van der Waals surface area contributed by atoms with Crippen LogP contribution < -0.4 is 9.46 Å². The topological polar surface area (TPSA) is 55.4 Å². The summed E-state index contributed by atoms with van der Waals surface area (Å²) in [5, 5.41) is 0. The molecule has 0 spiro atoms. The maximum Gasteiger partial charge on any atom is 0.244 e. The summed E-state index contributed by atoms with van der Waals surface area (Å²) in [5.74, 6) is 0.420. The summed E-state index contributed by atoms with van der Waals surface area (Å²) < 4.78 is 33.9. The second-order valence-corrected chi connectivity index (χ2v) is 7.91. The van der Waals surface area contributed by atoms with E-state index < -0.39 is 10.0 Å². The molecule has 128 valence electrons. The molecular formula is C19H23NO3S. The van der Waals surface area contributed by atoms with Gasteiger partial charge in [-0.25, -0.2) is 13.1 Å². The zero-order valence-electron chi connectivity index (χ0n) is 14.1. The number of benzene rings is 2. The Labute approximate surface area is 143 Å². The van der Waals surface area contributed by atoms with Gasteiger partial charge < -0.3 is 4.74 Å². The van der Waals surface area contributed by atoms with Crippen molar-refractivity contribution in [3.8, 4) is 5.75 Å². The number of nitrogens with one attached hydrogen (secondary N) is 1. The Bertz CT molecular complexity index is 816. The van der Waals surface area contributed by atoms with Crippen LogP contribution in [0, 0.1) is 0 Å². The predicted octanol–water partition coefficient (Wildman–Crippen LogP) is 3.61. The molecule has 0 fully saturated rings. The van der Waals surface area contributed by atoms with Gasteiger partial charge in [0.05, 0.1) is 7.11 Å². The zero-order valence-corrected chi connectivity index (χ0v) is 14.9. The summed E-state index contributed by atoms with van der Waals surface area (Å²) in [5.41, 5.74) is 3.25. The highest BCUT2D eigenvalue weighted by atomic mass is 32.2. The lowest BCUT2D eigenvalue weighted by Crippen LogP contribution is -2.27. The van der Waals surface area contributed by atoms with Crippen molar-refractivity contribution in [3.63, 3.8) is 0 Å². The van der Waals surface area contributed by atoms with Gasteiger partial charge in [0.1, 0.15) is 10.6 Å². The molecule has 1 aliphatic rings. The molecule has 0 heterocycles. The van der Waals surface area contributed by atoms with Crippen molar-refractivity contribution in [2.75, 3.05) is 7.11 Å². The standard InChI is InChI=1S/C19H23NO3S/c1-14(15-8-4-3-5-9-15)20-24(21,22)19-13-17-11-7-6-10-16(17)12-18(19)23-2/h3-5,8-9,12-14,20H,6-7,10-11H2,1-2H3. The van der Waals surface area contributed by atoms with Gasteiger partial charge in [-0.2, -0.15) is 0 Å². The molecule has 0 amide bonds. The molecule has 0 radical (unpaired) electrons. The highest BCUT2D eigenvalue weighted by Gasteiger charge is 2.25. The summed E-state index contributed by atoms with van der Waals surface area (Å²) in [6.45, 7) is 1.85. The number of sulfonamides is 1. The van der Waals surface area contributed by atoms with E-state index in [2.05, 4.69) is 4.72 Å². The number of ether oxygens (including phenoxy) is 1. The molecule has 5 heteroatoms. The molecule has 0 aromatic heterocycles. The molecule has 0 aliphatic heterocycles. The number of rotatable bonds is 5. The molecule has 24 heavy (non-hydrogen) atoms. The van der Waals surface area contributed by atoms with Crippen LogP contribution in [0.25, 0.3) is 0 Å². The first kappa shape index (κ1) is 17.0. The van der Waals surface area contributed by atoms with Crippen molar-refractivity contribution in [2.24, 2.45) is 0 Å². The van der Waals surface area contributed by atoms with Gasteiger partial charge in [-0.15, -0.1) is 0 Å². The average Bonchev–Trinajstić information content (AvgIpc) is 2.61. The summed E-state index contributed by atoms with van der Waals surface area (Å²) in [6.07, 6.45) is 4.16. The van der Waals surface area contributed by atoms with E-state index >= 15 is 0 Å². The Morgan fingerprint density at radius 2 is 1.67 bits per heavy atom. The van der Waals surface area contributed by atoms with Crippen molar-refractivity contribution in [1.29, 1.82) is 0 Å². The molecule has 1 unspecified atom stereocenters. The molecular weight excluding hydrogens is 322 g/mol. The van der Waals surface area contributed by atoms with Crippen LogP contribution in [0.5, 0.6) is 5.75 Å². The van der Waals surface area contributed by atoms with Crippen LogP contribution >= 0.6 is 0 Å². The minimum absolute atomic E-state index is 0.230. The lowest BCUT2D eigenvalue weighted by atomic mass is 9.92. The highest BCUT2D eigenvalue weighted by molar-refractivity contribution is 7.89. The van der Waals surface area contributed by atoms with E-state index in [4.69, 9.17) is 4.74 Å². The SMILES string of the molecule is COc1cc2c(cc1S(=O)(=O)NC(C)c1ccccc1)CCCC2. The molecule has 2 aromatic carbocycles. The van der Waals surface area contributed by atoms with E-state index in [1.165, 1.54) is 12.7 Å². The third-order valence-corrected chi connectivity index (χ3v) is 6.11. The highest BCUT2D eigenvalue weighted by Crippen LogP contribution is 2.32. The maximum absolute atomic E-state index is 12.9. The van der Waals surface area contributed by atoms with Gasteiger partial charge in [0.2, 0.25) is 10.0 Å². The van der Waals surface area contributed by atoms with Crippen molar-refractivity contribution >= 4 is 10.0 Å². The Morgan fingerprint density at radius 3 is 2.29 bits per heavy atom. The third-order valence-electron chi connectivity index (χ3n) is 4.55. The van der Waals surface area contributed by atoms with E-state index in [0.717, 1.165) is 36.8 Å². The monoisotopic (exact) mass is 345 g/mol. The van der Waals surface area contributed by atoms with Crippen LogP contribution in [0.1, 0.15) is 42.5 Å². The van der Waals surface area contributed by atoms with Gasteiger partial charge in [-0.3, -0.25) is 0 Å². The number of methoxy groups -OCH3 is 1. The van der Waals surface area contributed by atoms with Crippen LogP contribution in [0.3, 0.4) is 0 Å². The van der Waals surface area contributed by atoms with E-state index in [1.807, 2.05) is 43.3 Å². The Balaban J connectivity index is 1.94. The second kappa shape index (κ2) is 6.95. The molecule has 1 atom stereocenters. The van der Waals surface area contributed by atoms with E-state index in [1.54, 1.807) is 6.07 Å². The molecule has 0 saturated heterocycles. The van der Waals surface area contributed by atoms with Crippen molar-refractivity contribution < 1.29 is 13.2 Å². The van der Waals surface area contributed by atoms with Gasteiger partial charge in [-0.05, 0) is 61.4 Å². The van der Waals surface area contributed by atoms with Gasteiger partial charge in [0.25, 0.3) is 0 Å². The van der Waals surface area contributed by atoms with Crippen LogP contribution in [-0.2, 0) is 22.9 Å². The number of hydrogen-bond donors (Lipinski definition) is 1.